The van der Waals surface area contributed by atoms with E-state index in [0.29, 0.717) is 6.54 Å². The van der Waals surface area contributed by atoms with Crippen molar-refractivity contribution in [2.45, 2.75) is 20.0 Å². The van der Waals surface area contributed by atoms with E-state index >= 15 is 0 Å². The lowest BCUT2D eigenvalue weighted by molar-refractivity contribution is 0.626. The normalized spacial score (nSPS) is 10.4. The summed E-state index contributed by atoms with van der Waals surface area (Å²) in [6.07, 6.45) is 3.70. The SMILES string of the molecule is CCn1cc(NCc2cccc(F)c2)cn1. The number of aryl methyl sites for hydroxylation is 1. The number of nitrogens with zero attached hydrogens (tertiary/aromatic N) is 2. The fraction of sp³-hybridized carbons (Fsp3) is 0.250. The highest BCUT2D eigenvalue weighted by Crippen LogP contribution is 2.09. The lowest BCUT2D eigenvalue weighted by Crippen LogP contribution is -1.99. The summed E-state index contributed by atoms with van der Waals surface area (Å²) in [6.45, 7) is 3.48. The molecule has 84 valence electrons. The van der Waals surface area contributed by atoms with Crippen molar-refractivity contribution in [1.29, 1.82) is 0 Å². The van der Waals surface area contributed by atoms with Crippen LogP contribution < -0.4 is 5.32 Å². The van der Waals surface area contributed by atoms with Gasteiger partial charge in [-0.1, -0.05) is 12.1 Å². The molecule has 1 N–H and O–H groups in total. The minimum atomic E-state index is -0.205. The first-order valence-electron chi connectivity index (χ1n) is 5.28. The Kier molecular flexibility index (Phi) is 3.19. The summed E-state index contributed by atoms with van der Waals surface area (Å²) in [7, 11) is 0. The molecule has 1 aromatic carbocycles. The summed E-state index contributed by atoms with van der Waals surface area (Å²) >= 11 is 0. The van der Waals surface area contributed by atoms with Gasteiger partial charge in [-0.15, -0.1) is 0 Å². The Bertz CT molecular complexity index is 465. The van der Waals surface area contributed by atoms with Gasteiger partial charge in [0.1, 0.15) is 5.82 Å². The molecule has 0 atom stereocenters. The molecule has 3 nitrogen and oxygen atoms in total. The van der Waals surface area contributed by atoms with E-state index in [-0.39, 0.29) is 5.82 Å². The molecule has 0 unspecified atom stereocenters. The quantitative estimate of drug-likeness (QED) is 0.856. The molecular formula is C12H14FN3. The van der Waals surface area contributed by atoms with Crippen LogP contribution in [0.15, 0.2) is 36.7 Å². The lowest BCUT2D eigenvalue weighted by atomic mass is 10.2. The molecule has 2 aromatic rings. The molecule has 4 heteroatoms. The van der Waals surface area contributed by atoms with Gasteiger partial charge in [0.05, 0.1) is 11.9 Å². The Morgan fingerprint density at radius 3 is 3.00 bits per heavy atom. The molecule has 16 heavy (non-hydrogen) atoms. The maximum atomic E-state index is 12.9. The maximum Gasteiger partial charge on any atom is 0.123 e. The van der Waals surface area contributed by atoms with E-state index in [2.05, 4.69) is 10.4 Å². The largest absolute Gasteiger partial charge is 0.378 e. The Labute approximate surface area is 93.9 Å². The van der Waals surface area contributed by atoms with E-state index in [4.69, 9.17) is 0 Å². The molecule has 2 rings (SSSR count). The maximum absolute atomic E-state index is 12.9. The van der Waals surface area contributed by atoms with E-state index < -0.39 is 0 Å². The van der Waals surface area contributed by atoms with Crippen molar-refractivity contribution < 1.29 is 4.39 Å². The molecular weight excluding hydrogens is 205 g/mol. The van der Waals surface area contributed by atoms with Crippen LogP contribution in [0.1, 0.15) is 12.5 Å². The van der Waals surface area contributed by atoms with Crippen molar-refractivity contribution in [3.8, 4) is 0 Å². The zero-order chi connectivity index (χ0) is 11.4. The van der Waals surface area contributed by atoms with E-state index in [9.17, 15) is 4.39 Å². The van der Waals surface area contributed by atoms with E-state index in [1.54, 1.807) is 12.3 Å². The van der Waals surface area contributed by atoms with Gasteiger partial charge in [0.25, 0.3) is 0 Å². The number of halogens is 1. The Morgan fingerprint density at radius 2 is 2.31 bits per heavy atom. The Hall–Kier alpha value is -1.84. The molecule has 0 saturated carbocycles. The molecule has 1 aromatic heterocycles. The van der Waals surface area contributed by atoms with Gasteiger partial charge in [0.15, 0.2) is 0 Å². The Balaban J connectivity index is 1.96. The molecule has 0 fully saturated rings. The van der Waals surface area contributed by atoms with Gasteiger partial charge >= 0.3 is 0 Å². The average molecular weight is 219 g/mol. The van der Waals surface area contributed by atoms with Gasteiger partial charge in [0.2, 0.25) is 0 Å². The van der Waals surface area contributed by atoms with Gasteiger partial charge in [-0.05, 0) is 24.6 Å². The highest BCUT2D eigenvalue weighted by Gasteiger charge is 1.98. The number of rotatable bonds is 4. The number of benzene rings is 1. The van der Waals surface area contributed by atoms with E-state index in [1.807, 2.05) is 23.9 Å². The molecule has 0 spiro atoms. The molecule has 0 amide bonds. The van der Waals surface area contributed by atoms with Crippen LogP contribution in [0.2, 0.25) is 0 Å². The lowest BCUT2D eigenvalue weighted by Gasteiger charge is -2.03. The predicted octanol–water partition coefficient (Wildman–Crippen LogP) is 2.65. The van der Waals surface area contributed by atoms with Crippen molar-refractivity contribution in [2.24, 2.45) is 0 Å². The van der Waals surface area contributed by atoms with Gasteiger partial charge < -0.3 is 5.32 Å². The first kappa shape index (κ1) is 10.7. The van der Waals surface area contributed by atoms with Crippen LogP contribution in [0, 0.1) is 5.82 Å². The van der Waals surface area contributed by atoms with Gasteiger partial charge in [-0.2, -0.15) is 5.10 Å². The fourth-order valence-electron chi connectivity index (χ4n) is 1.48. The summed E-state index contributed by atoms with van der Waals surface area (Å²) in [5, 5.41) is 7.34. The third-order valence-corrected chi connectivity index (χ3v) is 2.34. The van der Waals surface area contributed by atoms with Crippen LogP contribution in [-0.4, -0.2) is 9.78 Å². The summed E-state index contributed by atoms with van der Waals surface area (Å²) < 4.78 is 14.7. The fourth-order valence-corrected chi connectivity index (χ4v) is 1.48. The van der Waals surface area contributed by atoms with Crippen LogP contribution in [0.4, 0.5) is 10.1 Å². The minimum Gasteiger partial charge on any atom is -0.378 e. The standard InChI is InChI=1S/C12H14FN3/c1-2-16-9-12(8-15-16)14-7-10-4-3-5-11(13)6-10/h3-6,8-9,14H,2,7H2,1H3. The Morgan fingerprint density at radius 1 is 1.44 bits per heavy atom. The molecule has 0 radical (unpaired) electrons. The first-order valence-corrected chi connectivity index (χ1v) is 5.28. The highest BCUT2D eigenvalue weighted by atomic mass is 19.1. The van der Waals surface area contributed by atoms with Crippen LogP contribution >= 0.6 is 0 Å². The topological polar surface area (TPSA) is 29.9 Å². The molecule has 1 heterocycles. The van der Waals surface area contributed by atoms with E-state index in [0.717, 1.165) is 17.8 Å². The van der Waals surface area contributed by atoms with Crippen molar-refractivity contribution in [3.63, 3.8) is 0 Å². The molecule has 0 bridgehead atoms. The van der Waals surface area contributed by atoms with Crippen molar-refractivity contribution >= 4 is 5.69 Å². The third kappa shape index (κ3) is 2.59. The zero-order valence-electron chi connectivity index (χ0n) is 9.15. The van der Waals surface area contributed by atoms with Crippen LogP contribution in [0.5, 0.6) is 0 Å². The molecule has 0 aliphatic rings. The number of nitrogens with one attached hydrogen (secondary N) is 1. The van der Waals surface area contributed by atoms with Crippen LogP contribution in [-0.2, 0) is 13.1 Å². The second kappa shape index (κ2) is 4.79. The van der Waals surface area contributed by atoms with Crippen molar-refractivity contribution in [3.05, 3.63) is 48.0 Å². The summed E-state index contributed by atoms with van der Waals surface area (Å²) in [6, 6.07) is 6.57. The number of hydrogen-bond acceptors (Lipinski definition) is 2. The smallest absolute Gasteiger partial charge is 0.123 e. The predicted molar refractivity (Wildman–Crippen MR) is 61.6 cm³/mol. The molecule has 0 aliphatic heterocycles. The zero-order valence-corrected chi connectivity index (χ0v) is 9.15. The van der Waals surface area contributed by atoms with Gasteiger partial charge in [-0.25, -0.2) is 4.39 Å². The van der Waals surface area contributed by atoms with Crippen LogP contribution in [0.3, 0.4) is 0 Å². The number of anilines is 1. The second-order valence-electron chi connectivity index (χ2n) is 3.57. The van der Waals surface area contributed by atoms with Crippen LogP contribution in [0.25, 0.3) is 0 Å². The molecule has 0 aliphatic carbocycles. The average Bonchev–Trinajstić information content (AvgIpc) is 2.74. The summed E-state index contributed by atoms with van der Waals surface area (Å²) in [5.74, 6) is -0.205. The van der Waals surface area contributed by atoms with Crippen molar-refractivity contribution in [1.82, 2.24) is 9.78 Å². The minimum absolute atomic E-state index is 0.205. The number of aromatic nitrogens is 2. The second-order valence-corrected chi connectivity index (χ2v) is 3.57. The highest BCUT2D eigenvalue weighted by molar-refractivity contribution is 5.39. The first-order chi connectivity index (χ1) is 7.78. The van der Waals surface area contributed by atoms with Gasteiger partial charge in [0, 0.05) is 19.3 Å². The van der Waals surface area contributed by atoms with Crippen molar-refractivity contribution in [2.75, 3.05) is 5.32 Å². The summed E-state index contributed by atoms with van der Waals surface area (Å²) in [5.41, 5.74) is 1.87. The monoisotopic (exact) mass is 219 g/mol. The summed E-state index contributed by atoms with van der Waals surface area (Å²) in [4.78, 5) is 0. The molecule has 0 saturated heterocycles. The third-order valence-electron chi connectivity index (χ3n) is 2.34. The number of hydrogen-bond donors (Lipinski definition) is 1. The van der Waals surface area contributed by atoms with Gasteiger partial charge in [-0.3, -0.25) is 4.68 Å². The van der Waals surface area contributed by atoms with E-state index in [1.165, 1.54) is 12.1 Å².